The first-order chi connectivity index (χ1) is 3.93. The van der Waals surface area contributed by atoms with E-state index in [4.69, 9.17) is 0 Å². The fraction of sp³-hybridized carbons (Fsp3) is 0.286. The molecule has 0 atom stereocenters. The largest absolute Gasteiger partial charge is 1.00 e. The molecule has 0 saturated carbocycles. The molecule has 0 fully saturated rings. The Morgan fingerprint density at radius 3 is 2.56 bits per heavy atom. The van der Waals surface area contributed by atoms with E-state index in [1.165, 1.54) is 0 Å². The summed E-state index contributed by atoms with van der Waals surface area (Å²) in [5.41, 5.74) is 1.16. The smallest absolute Gasteiger partial charge is 0.253 e. The maximum Gasteiger partial charge on any atom is 0.253 e. The van der Waals surface area contributed by atoms with Crippen molar-refractivity contribution in [2.24, 2.45) is 0 Å². The van der Waals surface area contributed by atoms with Crippen LogP contribution in [0, 0.1) is 0 Å². The summed E-state index contributed by atoms with van der Waals surface area (Å²) in [7, 11) is 0. The maximum atomic E-state index is 4.10. The lowest BCUT2D eigenvalue weighted by Crippen LogP contribution is -3.00. The molecule has 1 radical (unpaired) electrons. The molecule has 0 spiro atoms. The van der Waals surface area contributed by atoms with Gasteiger partial charge in [0, 0.05) is 18.6 Å². The topological polar surface area (TPSA) is 14.1 Å². The van der Waals surface area contributed by atoms with Gasteiger partial charge >= 0.3 is 0 Å². The van der Waals surface area contributed by atoms with E-state index in [-0.39, 0.29) is 17.0 Å². The van der Waals surface area contributed by atoms with E-state index in [2.05, 4.69) is 11.9 Å². The summed E-state index contributed by atoms with van der Waals surface area (Å²) in [6.45, 7) is 2.10. The molecule has 0 aliphatic carbocycles. The van der Waals surface area contributed by atoms with Gasteiger partial charge in [0.2, 0.25) is 6.21 Å². The second-order valence-electron chi connectivity index (χ2n) is 1.67. The van der Waals surface area contributed by atoms with Gasteiger partial charge in [-0.25, -0.2) is 0 Å². The van der Waals surface area contributed by atoms with Crippen LogP contribution in [0.1, 0.15) is 13.3 Å². The van der Waals surface area contributed by atoms with Crippen LogP contribution in [0.15, 0.2) is 23.9 Å². The molecule has 1 aliphatic rings. The first-order valence-corrected chi connectivity index (χ1v) is 2.83. The number of hydrogen-bond acceptors (Lipinski definition) is 1. The highest BCUT2D eigenvalue weighted by molar-refractivity contribution is 5.72. The van der Waals surface area contributed by atoms with Crippen molar-refractivity contribution in [1.82, 2.24) is 4.99 Å². The normalized spacial score (nSPS) is 14.6. The third-order valence-electron chi connectivity index (χ3n) is 1.09. The zero-order chi connectivity index (χ0) is 5.82. The van der Waals surface area contributed by atoms with E-state index in [0.29, 0.717) is 0 Å². The molecule has 0 bridgehead atoms. The fourth-order valence-electron chi connectivity index (χ4n) is 0.607. The van der Waals surface area contributed by atoms with Crippen LogP contribution in [-0.2, 0) is 0 Å². The van der Waals surface area contributed by atoms with Gasteiger partial charge in [0.05, 0.1) is 4.99 Å². The van der Waals surface area contributed by atoms with Gasteiger partial charge in [-0.1, -0.05) is 6.92 Å². The van der Waals surface area contributed by atoms with E-state index in [1.54, 1.807) is 0 Å². The summed E-state index contributed by atoms with van der Waals surface area (Å²) in [4.78, 5) is 4.10. The minimum atomic E-state index is 0. The highest BCUT2D eigenvalue weighted by Crippen LogP contribution is 1.96. The van der Waals surface area contributed by atoms with Gasteiger partial charge in [-0.05, 0) is 6.08 Å². The van der Waals surface area contributed by atoms with Crippen LogP contribution in [0.4, 0.5) is 0 Å². The van der Waals surface area contributed by atoms with Crippen molar-refractivity contribution in [2.75, 3.05) is 0 Å². The van der Waals surface area contributed by atoms with Crippen molar-refractivity contribution in [3.8, 4) is 0 Å². The van der Waals surface area contributed by atoms with E-state index >= 15 is 0 Å². The molecular weight excluding hydrogens is 178 g/mol. The number of halogens is 1. The van der Waals surface area contributed by atoms with Crippen molar-refractivity contribution >= 4 is 6.21 Å². The molecule has 0 unspecified atom stereocenters. The summed E-state index contributed by atoms with van der Waals surface area (Å²) in [6, 6.07) is 0. The summed E-state index contributed by atoms with van der Waals surface area (Å²) >= 11 is 0. The Bertz CT molecular complexity index is 156. The number of aliphatic imine (C=N–C) groups is 1. The van der Waals surface area contributed by atoms with E-state index in [0.717, 1.165) is 12.1 Å². The summed E-state index contributed by atoms with van der Waals surface area (Å²) in [6.07, 6.45) is 8.81. The molecule has 1 rings (SSSR count). The zero-order valence-corrected chi connectivity index (χ0v) is 6.93. The third kappa shape index (κ3) is 2.61. The average molecular weight is 187 g/mol. The highest BCUT2D eigenvalue weighted by Gasteiger charge is 2.01. The first kappa shape index (κ1) is 8.63. The van der Waals surface area contributed by atoms with Crippen LogP contribution >= 0.6 is 0 Å². The molecule has 0 amide bonds. The molecule has 49 valence electrons. The van der Waals surface area contributed by atoms with Crippen molar-refractivity contribution in [3.63, 3.8) is 0 Å². The Kier molecular flexibility index (Phi) is 4.32. The van der Waals surface area contributed by atoms with E-state index in [9.17, 15) is 0 Å². The second kappa shape index (κ2) is 4.50. The van der Waals surface area contributed by atoms with E-state index in [1.807, 2.05) is 24.4 Å². The lowest BCUT2D eigenvalue weighted by Gasteiger charge is -1.80. The Hall–Kier alpha value is -0.370. The molecule has 0 aromatic rings. The van der Waals surface area contributed by atoms with Gasteiger partial charge < -0.3 is 17.0 Å². The summed E-state index contributed by atoms with van der Waals surface area (Å²) < 4.78 is 0. The van der Waals surface area contributed by atoms with Gasteiger partial charge in [-0.2, -0.15) is 0 Å². The lowest BCUT2D eigenvalue weighted by molar-refractivity contribution is -0.00000174. The summed E-state index contributed by atoms with van der Waals surface area (Å²) in [5, 5.41) is 0. The molecule has 0 saturated heterocycles. The van der Waals surface area contributed by atoms with Gasteiger partial charge in [0.15, 0.2) is 0 Å². The van der Waals surface area contributed by atoms with Crippen LogP contribution in [-0.4, -0.2) is 6.21 Å². The van der Waals surface area contributed by atoms with Crippen LogP contribution in [0.25, 0.3) is 0 Å². The van der Waals surface area contributed by atoms with Gasteiger partial charge in [0.25, 0.3) is 5.70 Å². The predicted molar refractivity (Wildman–Crippen MR) is 35.7 cm³/mol. The second-order valence-corrected chi connectivity index (χ2v) is 1.67. The monoisotopic (exact) mass is 186 g/mol. The van der Waals surface area contributed by atoms with Gasteiger partial charge in [0.1, 0.15) is 0 Å². The van der Waals surface area contributed by atoms with Crippen molar-refractivity contribution in [2.45, 2.75) is 13.3 Å². The Labute approximate surface area is 66.0 Å². The minimum Gasteiger partial charge on any atom is -1.00 e. The molecule has 0 N–H and O–H groups in total. The van der Waals surface area contributed by atoms with Crippen LogP contribution < -0.4 is 22.0 Å². The Morgan fingerprint density at radius 1 is 1.44 bits per heavy atom. The molecule has 1 nitrogen and oxygen atoms in total. The maximum absolute atomic E-state index is 4.10. The number of hydrogen-bond donors (Lipinski definition) is 0. The third-order valence-corrected chi connectivity index (χ3v) is 1.09. The van der Waals surface area contributed by atoms with Crippen molar-refractivity contribution in [1.29, 1.82) is 0 Å². The van der Waals surface area contributed by atoms with Crippen LogP contribution in [0.2, 0.25) is 0 Å². The standard InChI is InChI=1S/C7H9N.BrH/c1-2-7-5-3-4-6-8-7;/h3-6H,2H2,1H3;1H/q+1;/p-1. The van der Waals surface area contributed by atoms with Crippen molar-refractivity contribution in [3.05, 3.63) is 23.9 Å². The Morgan fingerprint density at radius 2 is 2.22 bits per heavy atom. The van der Waals surface area contributed by atoms with Gasteiger partial charge in [-0.3, -0.25) is 0 Å². The first-order valence-electron chi connectivity index (χ1n) is 2.83. The molecule has 9 heavy (non-hydrogen) atoms. The number of allylic oxidation sites excluding steroid dienone is 4. The Balaban J connectivity index is 0.000000640. The highest BCUT2D eigenvalue weighted by atomic mass is 79.9. The van der Waals surface area contributed by atoms with Crippen molar-refractivity contribution < 1.29 is 17.0 Å². The van der Waals surface area contributed by atoms with Crippen LogP contribution in [0.3, 0.4) is 0 Å². The summed E-state index contributed by atoms with van der Waals surface area (Å²) in [5.74, 6) is 0. The zero-order valence-electron chi connectivity index (χ0n) is 5.34. The van der Waals surface area contributed by atoms with Gasteiger partial charge in [-0.15, -0.1) is 0 Å². The molecule has 1 heterocycles. The molecule has 0 aromatic heterocycles. The quantitative estimate of drug-likeness (QED) is 0.462. The average Bonchev–Trinajstić information content (AvgIpc) is 1.90. The predicted octanol–water partition coefficient (Wildman–Crippen LogP) is -1.74. The van der Waals surface area contributed by atoms with Crippen LogP contribution in [0.5, 0.6) is 0 Å². The molecule has 0 aromatic carbocycles. The SMILES string of the molecule is CCC1=CC=CC=[N+]1.[Br-]. The van der Waals surface area contributed by atoms with E-state index < -0.39 is 0 Å². The fourth-order valence-corrected chi connectivity index (χ4v) is 0.607. The minimum absolute atomic E-state index is 0. The molecule has 2 heteroatoms. The number of rotatable bonds is 1. The lowest BCUT2D eigenvalue weighted by atomic mass is 10.3. The molecular formula is C7H9BrN. The number of nitrogens with zero attached hydrogens (tertiary/aromatic N) is 1. The molecule has 1 aliphatic heterocycles.